The number of hydrogen-bond acceptors (Lipinski definition) is 4. The number of halogens is 1. The Morgan fingerprint density at radius 3 is 2.48 bits per heavy atom. The van der Waals surface area contributed by atoms with Crippen LogP contribution in [0.2, 0.25) is 0 Å². The van der Waals surface area contributed by atoms with Crippen LogP contribution in [0.25, 0.3) is 17.2 Å². The summed E-state index contributed by atoms with van der Waals surface area (Å²) in [5.74, 6) is -1.12. The second-order valence-electron chi connectivity index (χ2n) is 5.07. The summed E-state index contributed by atoms with van der Waals surface area (Å²) in [6, 6.07) is 5.98. The lowest BCUT2D eigenvalue weighted by Gasteiger charge is -2.08. The van der Waals surface area contributed by atoms with Gasteiger partial charge >= 0.3 is 5.97 Å². The summed E-state index contributed by atoms with van der Waals surface area (Å²) in [5, 5.41) is 13.1. The summed E-state index contributed by atoms with van der Waals surface area (Å²) in [4.78, 5) is 19.8. The van der Waals surface area contributed by atoms with Crippen molar-refractivity contribution in [2.45, 2.75) is 13.8 Å². The number of rotatable bonds is 3. The molecule has 0 bridgehead atoms. The lowest BCUT2D eigenvalue weighted by atomic mass is 10.1. The highest BCUT2D eigenvalue weighted by Gasteiger charge is 2.16. The molecule has 7 heteroatoms. The molecule has 2 heterocycles. The summed E-state index contributed by atoms with van der Waals surface area (Å²) in [7, 11) is 0. The number of benzene rings is 1. The molecule has 1 aromatic carbocycles. The van der Waals surface area contributed by atoms with E-state index >= 15 is 0 Å². The fraction of sp³-hybridized carbons (Fsp3) is 0.125. The predicted molar refractivity (Wildman–Crippen MR) is 81.0 cm³/mol. The molecule has 3 rings (SSSR count). The van der Waals surface area contributed by atoms with Crippen molar-refractivity contribution >= 4 is 5.97 Å². The highest BCUT2D eigenvalue weighted by molar-refractivity contribution is 5.88. The Bertz CT molecular complexity index is 888. The van der Waals surface area contributed by atoms with Gasteiger partial charge in [-0.3, -0.25) is 0 Å². The summed E-state index contributed by atoms with van der Waals surface area (Å²) < 4.78 is 14.4. The van der Waals surface area contributed by atoms with Crippen LogP contribution in [0.1, 0.15) is 21.6 Å². The van der Waals surface area contributed by atoms with Crippen molar-refractivity contribution in [2.24, 2.45) is 0 Å². The van der Waals surface area contributed by atoms with E-state index < -0.39 is 5.97 Å². The van der Waals surface area contributed by atoms with Crippen molar-refractivity contribution in [3.63, 3.8) is 0 Å². The van der Waals surface area contributed by atoms with Gasteiger partial charge in [0.15, 0.2) is 0 Å². The van der Waals surface area contributed by atoms with Crippen molar-refractivity contribution in [1.82, 2.24) is 19.7 Å². The van der Waals surface area contributed by atoms with Crippen LogP contribution in [0.3, 0.4) is 0 Å². The molecule has 116 valence electrons. The molecule has 0 spiro atoms. The highest BCUT2D eigenvalue weighted by atomic mass is 19.1. The number of nitrogens with zero attached hydrogens (tertiary/aromatic N) is 4. The number of aromatic carboxylic acids is 1. The quantitative estimate of drug-likeness (QED) is 0.804. The van der Waals surface area contributed by atoms with E-state index in [9.17, 15) is 9.18 Å². The first kappa shape index (κ1) is 14.8. The van der Waals surface area contributed by atoms with Gasteiger partial charge in [0, 0.05) is 11.8 Å². The molecular formula is C16H13FN4O2. The zero-order valence-corrected chi connectivity index (χ0v) is 12.5. The van der Waals surface area contributed by atoms with Gasteiger partial charge < -0.3 is 5.11 Å². The van der Waals surface area contributed by atoms with E-state index in [-0.39, 0.29) is 17.3 Å². The van der Waals surface area contributed by atoms with Gasteiger partial charge in [-0.2, -0.15) is 5.10 Å². The summed E-state index contributed by atoms with van der Waals surface area (Å²) >= 11 is 0. The molecule has 0 aliphatic rings. The topological polar surface area (TPSA) is 80.9 Å². The summed E-state index contributed by atoms with van der Waals surface area (Å²) in [6.45, 7) is 3.48. The number of hydrogen-bond donors (Lipinski definition) is 1. The normalized spacial score (nSPS) is 10.7. The fourth-order valence-corrected chi connectivity index (χ4v) is 2.26. The molecule has 0 fully saturated rings. The third-order valence-corrected chi connectivity index (χ3v) is 3.51. The molecule has 0 aliphatic carbocycles. The minimum absolute atomic E-state index is 0.0949. The van der Waals surface area contributed by atoms with Crippen LogP contribution < -0.4 is 0 Å². The number of carbonyl (C=O) groups is 1. The van der Waals surface area contributed by atoms with Crippen molar-refractivity contribution in [2.75, 3.05) is 0 Å². The average molecular weight is 312 g/mol. The van der Waals surface area contributed by atoms with E-state index in [0.717, 1.165) is 11.1 Å². The standard InChI is InChI=1S/C16H13FN4O2/c1-9-7-18-16(21-10(2)13(8-19-21)15(22)23)20-14(9)11-3-5-12(17)6-4-11/h3-8H,1-2H3,(H,22,23). The van der Waals surface area contributed by atoms with Crippen molar-refractivity contribution in [1.29, 1.82) is 0 Å². The van der Waals surface area contributed by atoms with Gasteiger partial charge in [0.25, 0.3) is 5.95 Å². The molecule has 0 aliphatic heterocycles. The largest absolute Gasteiger partial charge is 0.478 e. The number of carboxylic acids is 1. The Labute approximate surface area is 131 Å². The zero-order valence-electron chi connectivity index (χ0n) is 12.5. The van der Waals surface area contributed by atoms with Gasteiger partial charge in [-0.25, -0.2) is 23.8 Å². The van der Waals surface area contributed by atoms with Crippen LogP contribution in [0.5, 0.6) is 0 Å². The second-order valence-corrected chi connectivity index (χ2v) is 5.07. The summed E-state index contributed by atoms with van der Waals surface area (Å²) in [5.41, 5.74) is 2.74. The van der Waals surface area contributed by atoms with Gasteiger partial charge in [-0.1, -0.05) is 0 Å². The molecule has 23 heavy (non-hydrogen) atoms. The maximum atomic E-state index is 13.1. The van der Waals surface area contributed by atoms with Crippen molar-refractivity contribution in [3.05, 3.63) is 59.3 Å². The van der Waals surface area contributed by atoms with E-state index in [2.05, 4.69) is 15.1 Å². The monoisotopic (exact) mass is 312 g/mol. The number of aryl methyl sites for hydroxylation is 1. The van der Waals surface area contributed by atoms with Crippen LogP contribution in [-0.4, -0.2) is 30.8 Å². The molecule has 0 atom stereocenters. The molecule has 0 saturated heterocycles. The maximum absolute atomic E-state index is 13.1. The van der Waals surface area contributed by atoms with Crippen molar-refractivity contribution < 1.29 is 14.3 Å². The Morgan fingerprint density at radius 2 is 1.87 bits per heavy atom. The van der Waals surface area contributed by atoms with Crippen LogP contribution in [-0.2, 0) is 0 Å². The first-order valence-electron chi connectivity index (χ1n) is 6.85. The fourth-order valence-electron chi connectivity index (χ4n) is 2.26. The van der Waals surface area contributed by atoms with E-state index in [1.807, 2.05) is 6.92 Å². The first-order valence-corrected chi connectivity index (χ1v) is 6.85. The van der Waals surface area contributed by atoms with Gasteiger partial charge in [-0.15, -0.1) is 0 Å². The minimum atomic E-state index is -1.06. The molecule has 2 aromatic heterocycles. The van der Waals surface area contributed by atoms with Gasteiger partial charge in [-0.05, 0) is 43.7 Å². The number of aromatic nitrogens is 4. The lowest BCUT2D eigenvalue weighted by molar-refractivity contribution is 0.0696. The molecule has 1 N–H and O–H groups in total. The Balaban J connectivity index is 2.11. The van der Waals surface area contributed by atoms with E-state index in [1.165, 1.54) is 23.0 Å². The third-order valence-electron chi connectivity index (χ3n) is 3.51. The lowest BCUT2D eigenvalue weighted by Crippen LogP contribution is -2.07. The molecular weight excluding hydrogens is 299 g/mol. The molecule has 0 amide bonds. The third kappa shape index (κ3) is 2.68. The molecule has 0 saturated carbocycles. The molecule has 6 nitrogen and oxygen atoms in total. The maximum Gasteiger partial charge on any atom is 0.339 e. The first-order chi connectivity index (χ1) is 11.0. The van der Waals surface area contributed by atoms with Gasteiger partial charge in [0.2, 0.25) is 0 Å². The van der Waals surface area contributed by atoms with Crippen molar-refractivity contribution in [3.8, 4) is 17.2 Å². The van der Waals surface area contributed by atoms with Crippen LogP contribution in [0.15, 0.2) is 36.7 Å². The second kappa shape index (κ2) is 5.60. The predicted octanol–water partition coefficient (Wildman–Crippen LogP) is 2.78. The van der Waals surface area contributed by atoms with Crippen LogP contribution in [0, 0.1) is 19.7 Å². The number of carboxylic acid groups (broad SMARTS) is 1. The molecule has 3 aromatic rings. The Kier molecular flexibility index (Phi) is 3.61. The zero-order chi connectivity index (χ0) is 16.6. The van der Waals surface area contributed by atoms with Gasteiger partial charge in [0.1, 0.15) is 11.4 Å². The van der Waals surface area contributed by atoms with Crippen LogP contribution in [0.4, 0.5) is 4.39 Å². The average Bonchev–Trinajstić information content (AvgIpc) is 2.91. The summed E-state index contributed by atoms with van der Waals surface area (Å²) in [6.07, 6.45) is 2.89. The smallest absolute Gasteiger partial charge is 0.339 e. The molecule has 0 unspecified atom stereocenters. The van der Waals surface area contributed by atoms with E-state index in [1.54, 1.807) is 25.3 Å². The van der Waals surface area contributed by atoms with Crippen LogP contribution >= 0.6 is 0 Å². The van der Waals surface area contributed by atoms with Gasteiger partial charge in [0.05, 0.1) is 17.6 Å². The Morgan fingerprint density at radius 1 is 1.17 bits per heavy atom. The molecule has 0 radical (unpaired) electrons. The van der Waals surface area contributed by atoms with E-state index in [4.69, 9.17) is 5.11 Å². The highest BCUT2D eigenvalue weighted by Crippen LogP contribution is 2.22. The minimum Gasteiger partial charge on any atom is -0.478 e. The SMILES string of the molecule is Cc1cnc(-n2ncc(C(=O)O)c2C)nc1-c1ccc(F)cc1. The van der Waals surface area contributed by atoms with E-state index in [0.29, 0.717) is 11.4 Å². The Hall–Kier alpha value is -3.09.